The number of hydrogen-bond acceptors (Lipinski definition) is 2. The Kier molecular flexibility index (Phi) is 3.75. The average Bonchev–Trinajstić information content (AvgIpc) is 2.56. The zero-order valence-corrected chi connectivity index (χ0v) is 11.5. The summed E-state index contributed by atoms with van der Waals surface area (Å²) < 4.78 is 0. The highest BCUT2D eigenvalue weighted by Gasteiger charge is 2.06. The summed E-state index contributed by atoms with van der Waals surface area (Å²) in [5.74, 6) is 0. The van der Waals surface area contributed by atoms with E-state index in [1.165, 1.54) is 5.56 Å². The number of pyridine rings is 1. The maximum atomic E-state index is 9.29. The Labute approximate surface area is 124 Å². The van der Waals surface area contributed by atoms with Gasteiger partial charge in [0.1, 0.15) is 0 Å². The molecule has 0 atom stereocenters. The van der Waals surface area contributed by atoms with Crippen LogP contribution in [0.2, 0.25) is 0 Å². The van der Waals surface area contributed by atoms with Crippen LogP contribution in [0.15, 0.2) is 72.9 Å². The van der Waals surface area contributed by atoms with Crippen LogP contribution in [0.25, 0.3) is 11.3 Å². The maximum absolute atomic E-state index is 9.29. The summed E-state index contributed by atoms with van der Waals surface area (Å²) in [6.07, 6.45) is 2.54. The molecule has 3 aromatic rings. The third-order valence-corrected chi connectivity index (χ3v) is 3.42. The molecule has 21 heavy (non-hydrogen) atoms. The van der Waals surface area contributed by atoms with Crippen molar-refractivity contribution in [2.24, 2.45) is 0 Å². The largest absolute Gasteiger partial charge is 0.256 e. The number of aromatic nitrogens is 1. The van der Waals surface area contributed by atoms with Crippen LogP contribution in [-0.2, 0) is 6.42 Å². The van der Waals surface area contributed by atoms with E-state index >= 15 is 0 Å². The van der Waals surface area contributed by atoms with E-state index in [4.69, 9.17) is 0 Å². The van der Waals surface area contributed by atoms with Crippen molar-refractivity contribution in [2.45, 2.75) is 6.42 Å². The van der Waals surface area contributed by atoms with Crippen molar-refractivity contribution < 1.29 is 0 Å². The molecular weight excluding hydrogens is 256 g/mol. The van der Waals surface area contributed by atoms with Crippen LogP contribution in [0.3, 0.4) is 0 Å². The fraction of sp³-hybridized carbons (Fsp3) is 0.0526. The first kappa shape index (κ1) is 13.1. The van der Waals surface area contributed by atoms with Gasteiger partial charge in [0.2, 0.25) is 0 Å². The molecule has 3 rings (SSSR count). The molecule has 1 heterocycles. The molecule has 2 nitrogen and oxygen atoms in total. The molecule has 0 saturated carbocycles. The summed E-state index contributed by atoms with van der Waals surface area (Å²) in [6.45, 7) is 0. The third-order valence-electron chi connectivity index (χ3n) is 3.42. The molecule has 2 aromatic carbocycles. The summed E-state index contributed by atoms with van der Waals surface area (Å²) in [4.78, 5) is 4.37. The number of benzene rings is 2. The van der Waals surface area contributed by atoms with Gasteiger partial charge in [0.15, 0.2) is 0 Å². The Morgan fingerprint density at radius 2 is 1.71 bits per heavy atom. The van der Waals surface area contributed by atoms with E-state index in [9.17, 15) is 5.26 Å². The second-order valence-electron chi connectivity index (χ2n) is 4.86. The van der Waals surface area contributed by atoms with Gasteiger partial charge in [-0.15, -0.1) is 0 Å². The van der Waals surface area contributed by atoms with Crippen molar-refractivity contribution in [3.8, 4) is 17.3 Å². The third kappa shape index (κ3) is 2.98. The average molecular weight is 270 g/mol. The van der Waals surface area contributed by atoms with Crippen LogP contribution >= 0.6 is 0 Å². The van der Waals surface area contributed by atoms with Crippen LogP contribution in [0.5, 0.6) is 0 Å². The number of rotatable bonds is 3. The monoisotopic (exact) mass is 270 g/mol. The van der Waals surface area contributed by atoms with Crippen molar-refractivity contribution in [1.29, 1.82) is 5.26 Å². The zero-order valence-electron chi connectivity index (χ0n) is 11.5. The summed E-state index contributed by atoms with van der Waals surface area (Å²) in [5, 5.41) is 9.29. The molecule has 0 bridgehead atoms. The molecule has 0 amide bonds. The number of hydrogen-bond donors (Lipinski definition) is 0. The fourth-order valence-corrected chi connectivity index (χ4v) is 2.36. The molecule has 0 aliphatic carbocycles. The first-order valence-corrected chi connectivity index (χ1v) is 6.85. The SMILES string of the molecule is N#Cc1ccc(-c2ccccn2)cc1Cc1ccccc1. The molecule has 0 radical (unpaired) electrons. The summed E-state index contributed by atoms with van der Waals surface area (Å²) >= 11 is 0. The van der Waals surface area contributed by atoms with E-state index in [2.05, 4.69) is 29.3 Å². The maximum Gasteiger partial charge on any atom is 0.0994 e. The van der Waals surface area contributed by atoms with Crippen molar-refractivity contribution in [3.05, 3.63) is 89.6 Å². The van der Waals surface area contributed by atoms with Crippen LogP contribution in [0, 0.1) is 11.3 Å². The lowest BCUT2D eigenvalue weighted by molar-refractivity contribution is 1.17. The lowest BCUT2D eigenvalue weighted by Gasteiger charge is -2.07. The fourth-order valence-electron chi connectivity index (χ4n) is 2.36. The second kappa shape index (κ2) is 6.02. The van der Waals surface area contributed by atoms with Gasteiger partial charge in [-0.05, 0) is 41.8 Å². The van der Waals surface area contributed by atoms with Crippen LogP contribution in [0.1, 0.15) is 16.7 Å². The molecule has 2 heteroatoms. The lowest BCUT2D eigenvalue weighted by Crippen LogP contribution is -1.94. The minimum atomic E-state index is 0.721. The Morgan fingerprint density at radius 1 is 0.905 bits per heavy atom. The highest BCUT2D eigenvalue weighted by atomic mass is 14.7. The predicted octanol–water partition coefficient (Wildman–Crippen LogP) is 4.21. The van der Waals surface area contributed by atoms with Gasteiger partial charge in [-0.2, -0.15) is 5.26 Å². The molecule has 0 spiro atoms. The van der Waals surface area contributed by atoms with Crippen molar-refractivity contribution in [2.75, 3.05) is 0 Å². The van der Waals surface area contributed by atoms with E-state index in [0.29, 0.717) is 0 Å². The van der Waals surface area contributed by atoms with E-state index < -0.39 is 0 Å². The minimum absolute atomic E-state index is 0.721. The quantitative estimate of drug-likeness (QED) is 0.714. The van der Waals surface area contributed by atoms with Gasteiger partial charge in [0.25, 0.3) is 0 Å². The standard InChI is InChI=1S/C19H14N2/c20-14-17-10-9-16(19-8-4-5-11-21-19)13-18(17)12-15-6-2-1-3-7-15/h1-11,13H,12H2. The summed E-state index contributed by atoms with van der Waals surface area (Å²) in [7, 11) is 0. The van der Waals surface area contributed by atoms with E-state index in [1.807, 2.05) is 48.5 Å². The highest BCUT2D eigenvalue weighted by Crippen LogP contribution is 2.22. The van der Waals surface area contributed by atoms with Gasteiger partial charge in [0.05, 0.1) is 17.3 Å². The summed E-state index contributed by atoms with van der Waals surface area (Å²) in [6, 6.07) is 24.2. The Hall–Kier alpha value is -2.92. The molecule has 0 aliphatic rings. The molecule has 0 unspecified atom stereocenters. The van der Waals surface area contributed by atoms with Crippen molar-refractivity contribution >= 4 is 0 Å². The van der Waals surface area contributed by atoms with Crippen molar-refractivity contribution in [3.63, 3.8) is 0 Å². The lowest BCUT2D eigenvalue weighted by atomic mass is 9.97. The normalized spacial score (nSPS) is 10.0. The van der Waals surface area contributed by atoms with Gasteiger partial charge < -0.3 is 0 Å². The minimum Gasteiger partial charge on any atom is -0.256 e. The first-order valence-electron chi connectivity index (χ1n) is 6.85. The van der Waals surface area contributed by atoms with Gasteiger partial charge in [0, 0.05) is 11.8 Å². The van der Waals surface area contributed by atoms with Crippen molar-refractivity contribution in [1.82, 2.24) is 4.98 Å². The molecule has 0 N–H and O–H groups in total. The van der Waals surface area contributed by atoms with Gasteiger partial charge in [-0.1, -0.05) is 42.5 Å². The second-order valence-corrected chi connectivity index (χ2v) is 4.86. The molecule has 1 aromatic heterocycles. The topological polar surface area (TPSA) is 36.7 Å². The van der Waals surface area contributed by atoms with E-state index in [0.717, 1.165) is 28.8 Å². The predicted molar refractivity (Wildman–Crippen MR) is 83.6 cm³/mol. The van der Waals surface area contributed by atoms with E-state index in [1.54, 1.807) is 6.20 Å². The first-order chi connectivity index (χ1) is 10.4. The molecule has 0 aliphatic heterocycles. The van der Waals surface area contributed by atoms with Crippen LogP contribution in [0.4, 0.5) is 0 Å². The number of nitrogens with zero attached hydrogens (tertiary/aromatic N) is 2. The smallest absolute Gasteiger partial charge is 0.0994 e. The van der Waals surface area contributed by atoms with Gasteiger partial charge >= 0.3 is 0 Å². The Bertz CT molecular complexity index is 772. The Balaban J connectivity index is 2.01. The molecule has 100 valence electrons. The van der Waals surface area contributed by atoms with Gasteiger partial charge in [-0.3, -0.25) is 4.98 Å². The van der Waals surface area contributed by atoms with Crippen LogP contribution in [-0.4, -0.2) is 4.98 Å². The molecule has 0 fully saturated rings. The van der Waals surface area contributed by atoms with Crippen LogP contribution < -0.4 is 0 Å². The summed E-state index contributed by atoms with van der Waals surface area (Å²) in [5.41, 5.74) is 4.93. The highest BCUT2D eigenvalue weighted by molar-refractivity contribution is 5.62. The Morgan fingerprint density at radius 3 is 2.43 bits per heavy atom. The van der Waals surface area contributed by atoms with E-state index in [-0.39, 0.29) is 0 Å². The van der Waals surface area contributed by atoms with Gasteiger partial charge in [-0.25, -0.2) is 0 Å². The zero-order chi connectivity index (χ0) is 14.5. The molecular formula is C19H14N2. The molecule has 0 saturated heterocycles. The number of nitriles is 1.